The predicted octanol–water partition coefficient (Wildman–Crippen LogP) is 3.07. The SMILES string of the molecule is CC(N)C(=O)Nc1cccc(C#Cc2cc(Cl)cc(Cl)c2)n1. The molecule has 2 aromatic rings. The lowest BCUT2D eigenvalue weighted by molar-refractivity contribution is -0.117. The fourth-order valence-corrected chi connectivity index (χ4v) is 2.10. The number of anilines is 1. The lowest BCUT2D eigenvalue weighted by Crippen LogP contribution is -2.32. The Morgan fingerprint density at radius 1 is 1.23 bits per heavy atom. The topological polar surface area (TPSA) is 68.0 Å². The summed E-state index contributed by atoms with van der Waals surface area (Å²) in [5.41, 5.74) is 6.69. The molecule has 1 aromatic heterocycles. The monoisotopic (exact) mass is 333 g/mol. The Kier molecular flexibility index (Phi) is 5.40. The second-order valence-corrected chi connectivity index (χ2v) is 5.47. The Hall–Kier alpha value is -2.06. The summed E-state index contributed by atoms with van der Waals surface area (Å²) >= 11 is 11.8. The summed E-state index contributed by atoms with van der Waals surface area (Å²) in [5, 5.41) is 3.65. The Bertz CT molecular complexity index is 743. The summed E-state index contributed by atoms with van der Waals surface area (Å²) in [6.07, 6.45) is 0. The average Bonchev–Trinajstić information content (AvgIpc) is 2.44. The molecule has 2 rings (SSSR count). The van der Waals surface area contributed by atoms with Crippen LogP contribution < -0.4 is 11.1 Å². The van der Waals surface area contributed by atoms with E-state index < -0.39 is 6.04 Å². The molecule has 0 bridgehead atoms. The van der Waals surface area contributed by atoms with Gasteiger partial charge in [0.15, 0.2) is 0 Å². The number of halogens is 2. The largest absolute Gasteiger partial charge is 0.320 e. The third kappa shape index (κ3) is 4.74. The van der Waals surface area contributed by atoms with E-state index in [4.69, 9.17) is 28.9 Å². The van der Waals surface area contributed by atoms with E-state index in [-0.39, 0.29) is 5.91 Å². The van der Waals surface area contributed by atoms with Crippen molar-refractivity contribution < 1.29 is 4.79 Å². The van der Waals surface area contributed by atoms with E-state index in [0.717, 1.165) is 0 Å². The molecule has 4 nitrogen and oxygen atoms in total. The number of nitrogens with one attached hydrogen (secondary N) is 1. The van der Waals surface area contributed by atoms with E-state index in [1.54, 1.807) is 43.3 Å². The quantitative estimate of drug-likeness (QED) is 0.830. The zero-order chi connectivity index (χ0) is 16.1. The number of carbonyl (C=O) groups excluding carboxylic acids is 1. The van der Waals surface area contributed by atoms with Gasteiger partial charge < -0.3 is 11.1 Å². The third-order valence-corrected chi connectivity index (χ3v) is 3.05. The number of carbonyl (C=O) groups is 1. The summed E-state index contributed by atoms with van der Waals surface area (Å²) in [7, 11) is 0. The molecule has 0 fully saturated rings. The maximum absolute atomic E-state index is 11.5. The van der Waals surface area contributed by atoms with Gasteiger partial charge in [-0.2, -0.15) is 0 Å². The summed E-state index contributed by atoms with van der Waals surface area (Å²) in [6, 6.07) is 9.60. The van der Waals surface area contributed by atoms with E-state index in [9.17, 15) is 4.79 Å². The highest BCUT2D eigenvalue weighted by Gasteiger charge is 2.07. The molecule has 0 spiro atoms. The predicted molar refractivity (Wildman–Crippen MR) is 89.0 cm³/mol. The van der Waals surface area contributed by atoms with Crippen molar-refractivity contribution in [3.05, 3.63) is 57.7 Å². The molecular formula is C16H13Cl2N3O. The van der Waals surface area contributed by atoms with Gasteiger partial charge >= 0.3 is 0 Å². The van der Waals surface area contributed by atoms with E-state index in [2.05, 4.69) is 22.1 Å². The summed E-state index contributed by atoms with van der Waals surface area (Å²) < 4.78 is 0. The molecule has 1 heterocycles. The second-order valence-electron chi connectivity index (χ2n) is 4.59. The molecule has 1 atom stereocenters. The van der Waals surface area contributed by atoms with Gasteiger partial charge in [0, 0.05) is 15.6 Å². The molecule has 0 aliphatic carbocycles. The van der Waals surface area contributed by atoms with Crippen LogP contribution >= 0.6 is 23.2 Å². The van der Waals surface area contributed by atoms with Gasteiger partial charge in [-0.25, -0.2) is 4.98 Å². The molecule has 0 aliphatic heterocycles. The zero-order valence-electron chi connectivity index (χ0n) is 11.7. The number of nitrogens with zero attached hydrogens (tertiary/aromatic N) is 1. The molecule has 0 saturated carbocycles. The normalized spacial score (nSPS) is 11.3. The minimum Gasteiger partial charge on any atom is -0.320 e. The molecule has 6 heteroatoms. The van der Waals surface area contributed by atoms with Crippen molar-refractivity contribution in [1.82, 2.24) is 4.98 Å². The highest BCUT2D eigenvalue weighted by molar-refractivity contribution is 6.34. The van der Waals surface area contributed by atoms with E-state index in [1.165, 1.54) is 0 Å². The van der Waals surface area contributed by atoms with Crippen LogP contribution in [0, 0.1) is 11.8 Å². The second kappa shape index (κ2) is 7.28. The first-order valence-electron chi connectivity index (χ1n) is 6.45. The molecule has 3 N–H and O–H groups in total. The number of aromatic nitrogens is 1. The molecular weight excluding hydrogens is 321 g/mol. The van der Waals surface area contributed by atoms with Crippen molar-refractivity contribution >= 4 is 34.9 Å². The van der Waals surface area contributed by atoms with Crippen LogP contribution in [0.1, 0.15) is 18.2 Å². The molecule has 1 unspecified atom stereocenters. The van der Waals surface area contributed by atoms with Gasteiger partial charge in [0.2, 0.25) is 5.91 Å². The van der Waals surface area contributed by atoms with Gasteiger partial charge in [-0.1, -0.05) is 35.2 Å². The molecule has 22 heavy (non-hydrogen) atoms. The molecule has 0 aliphatic rings. The summed E-state index contributed by atoms with van der Waals surface area (Å²) in [6.45, 7) is 1.60. The number of benzene rings is 1. The van der Waals surface area contributed by atoms with Crippen LogP contribution in [0.15, 0.2) is 36.4 Å². The first kappa shape index (κ1) is 16.3. The van der Waals surface area contributed by atoms with Crippen molar-refractivity contribution in [3.8, 4) is 11.8 Å². The Balaban J connectivity index is 2.21. The van der Waals surface area contributed by atoms with Crippen LogP contribution in [-0.2, 0) is 4.79 Å². The number of hydrogen-bond acceptors (Lipinski definition) is 3. The van der Waals surface area contributed by atoms with Crippen LogP contribution in [0.4, 0.5) is 5.82 Å². The van der Waals surface area contributed by atoms with Gasteiger partial charge in [-0.05, 0) is 43.2 Å². The van der Waals surface area contributed by atoms with Crippen molar-refractivity contribution in [3.63, 3.8) is 0 Å². The van der Waals surface area contributed by atoms with Gasteiger partial charge in [0.25, 0.3) is 0 Å². The highest BCUT2D eigenvalue weighted by atomic mass is 35.5. The number of nitrogens with two attached hydrogens (primary N) is 1. The van der Waals surface area contributed by atoms with Crippen molar-refractivity contribution in [1.29, 1.82) is 0 Å². The minimum atomic E-state index is -0.606. The van der Waals surface area contributed by atoms with Crippen molar-refractivity contribution in [2.75, 3.05) is 5.32 Å². The van der Waals surface area contributed by atoms with Gasteiger partial charge in [0.05, 0.1) is 6.04 Å². The molecule has 1 aromatic carbocycles. The summed E-state index contributed by atoms with van der Waals surface area (Å²) in [4.78, 5) is 15.8. The number of amides is 1. The van der Waals surface area contributed by atoms with Crippen LogP contribution in [0.3, 0.4) is 0 Å². The van der Waals surface area contributed by atoms with Gasteiger partial charge in [-0.3, -0.25) is 4.79 Å². The average molecular weight is 334 g/mol. The fourth-order valence-electron chi connectivity index (χ4n) is 1.58. The van der Waals surface area contributed by atoms with Crippen molar-refractivity contribution in [2.45, 2.75) is 13.0 Å². The van der Waals surface area contributed by atoms with Crippen LogP contribution in [0.25, 0.3) is 0 Å². The smallest absolute Gasteiger partial charge is 0.242 e. The van der Waals surface area contributed by atoms with Gasteiger partial charge in [-0.15, -0.1) is 0 Å². The maximum Gasteiger partial charge on any atom is 0.242 e. The van der Waals surface area contributed by atoms with E-state index in [0.29, 0.717) is 27.1 Å². The first-order valence-corrected chi connectivity index (χ1v) is 7.21. The molecule has 0 radical (unpaired) electrons. The van der Waals surface area contributed by atoms with E-state index >= 15 is 0 Å². The standard InChI is InChI=1S/C16H13Cl2N3O/c1-10(19)16(22)21-15-4-2-3-14(20-15)6-5-11-7-12(17)9-13(18)8-11/h2-4,7-10H,19H2,1H3,(H,20,21,22). The van der Waals surface area contributed by atoms with Crippen LogP contribution in [0.5, 0.6) is 0 Å². The molecule has 112 valence electrons. The lowest BCUT2D eigenvalue weighted by atomic mass is 10.2. The van der Waals surface area contributed by atoms with Crippen molar-refractivity contribution in [2.24, 2.45) is 5.73 Å². The number of hydrogen-bond donors (Lipinski definition) is 2. The molecule has 0 saturated heterocycles. The minimum absolute atomic E-state index is 0.306. The first-order chi connectivity index (χ1) is 10.4. The molecule has 1 amide bonds. The Morgan fingerprint density at radius 2 is 1.91 bits per heavy atom. The third-order valence-electron chi connectivity index (χ3n) is 2.61. The van der Waals surface area contributed by atoms with Crippen LogP contribution in [0.2, 0.25) is 10.0 Å². The summed E-state index contributed by atoms with van der Waals surface area (Å²) in [5.74, 6) is 5.92. The zero-order valence-corrected chi connectivity index (χ0v) is 13.2. The Labute approximate surface area is 138 Å². The van der Waals surface area contributed by atoms with Gasteiger partial charge in [0.1, 0.15) is 11.5 Å². The fraction of sp³-hybridized carbons (Fsp3) is 0.125. The Morgan fingerprint density at radius 3 is 2.55 bits per heavy atom. The van der Waals surface area contributed by atoms with Crippen LogP contribution in [-0.4, -0.2) is 16.9 Å². The maximum atomic E-state index is 11.5. The lowest BCUT2D eigenvalue weighted by Gasteiger charge is -2.06. The highest BCUT2D eigenvalue weighted by Crippen LogP contribution is 2.18. The number of pyridine rings is 1. The van der Waals surface area contributed by atoms with E-state index in [1.807, 2.05) is 0 Å². The number of rotatable bonds is 2.